The van der Waals surface area contributed by atoms with E-state index in [0.717, 1.165) is 33.1 Å². The minimum absolute atomic E-state index is 0.0627. The number of carbonyl (C=O) groups is 1. The molecular weight excluding hydrogens is 289 g/mol. The molecule has 0 aromatic carbocycles. The number of hydrogen-bond donors (Lipinski definition) is 1. The van der Waals surface area contributed by atoms with Crippen molar-refractivity contribution >= 4 is 23.3 Å². The van der Waals surface area contributed by atoms with Crippen LogP contribution in [-0.4, -0.2) is 28.5 Å². The zero-order valence-corrected chi connectivity index (χ0v) is 12.4. The second-order valence-electron chi connectivity index (χ2n) is 6.05. The fourth-order valence-electron chi connectivity index (χ4n) is 2.96. The first-order chi connectivity index (χ1) is 9.23. The van der Waals surface area contributed by atoms with Crippen LogP contribution < -0.4 is 5.32 Å². The quantitative estimate of drug-likeness (QED) is 0.493. The minimum atomic E-state index is -4.35. The molecule has 20 heavy (non-hydrogen) atoms. The number of aliphatic imine (C=N–C) groups is 1. The second kappa shape index (κ2) is 5.58. The fourth-order valence-corrected chi connectivity index (χ4v) is 3.86. The number of thioether (sulfide) groups is 1. The predicted molar refractivity (Wildman–Crippen MR) is 73.6 cm³/mol. The number of nitrogens with one attached hydrogen (secondary N) is 1. The number of amidine groups is 1. The van der Waals surface area contributed by atoms with E-state index < -0.39 is 10.9 Å². The molecule has 2 rings (SSSR count). The molecule has 0 unspecified atom stereocenters. The van der Waals surface area contributed by atoms with Crippen molar-refractivity contribution in [2.24, 2.45) is 16.8 Å². The smallest absolute Gasteiger partial charge is 0.308 e. The summed E-state index contributed by atoms with van der Waals surface area (Å²) < 4.78 is 36.7. The molecule has 0 aromatic heterocycles. The summed E-state index contributed by atoms with van der Waals surface area (Å²) in [5.41, 5.74) is 0. The van der Waals surface area contributed by atoms with Gasteiger partial charge < -0.3 is 5.32 Å². The lowest BCUT2D eigenvalue weighted by Gasteiger charge is -2.28. The normalized spacial score (nSPS) is 30.6. The number of alkyl halides is 3. The molecule has 2 aliphatic carbocycles. The molecule has 0 spiro atoms. The van der Waals surface area contributed by atoms with Crippen LogP contribution in [0.15, 0.2) is 4.99 Å². The highest BCUT2D eigenvalue weighted by molar-refractivity contribution is 8.15. The van der Waals surface area contributed by atoms with Gasteiger partial charge in [-0.05, 0) is 44.9 Å². The predicted octanol–water partition coefficient (Wildman–Crippen LogP) is 3.35. The van der Waals surface area contributed by atoms with Crippen LogP contribution in [0.1, 0.15) is 39.5 Å². The Labute approximate surface area is 120 Å². The van der Waals surface area contributed by atoms with E-state index in [9.17, 15) is 18.0 Å². The summed E-state index contributed by atoms with van der Waals surface area (Å²) in [5.74, 6) is 1.13. The van der Waals surface area contributed by atoms with Gasteiger partial charge in [-0.25, -0.2) is 0 Å². The first-order valence-electron chi connectivity index (χ1n) is 6.76. The third-order valence-electron chi connectivity index (χ3n) is 4.20. The van der Waals surface area contributed by atoms with Gasteiger partial charge in [0.15, 0.2) is 5.17 Å². The summed E-state index contributed by atoms with van der Waals surface area (Å²) in [7, 11) is 0. The van der Waals surface area contributed by atoms with Crippen LogP contribution in [0.5, 0.6) is 0 Å². The zero-order chi connectivity index (χ0) is 15.0. The molecule has 0 radical (unpaired) electrons. The Balaban J connectivity index is 2.09. The van der Waals surface area contributed by atoms with Gasteiger partial charge in [-0.2, -0.15) is 13.2 Å². The fraction of sp³-hybridized carbons (Fsp3) is 0.846. The van der Waals surface area contributed by atoms with Crippen molar-refractivity contribution in [1.29, 1.82) is 0 Å². The van der Waals surface area contributed by atoms with Gasteiger partial charge in [-0.1, -0.05) is 18.2 Å². The van der Waals surface area contributed by atoms with Crippen molar-refractivity contribution in [2.45, 2.75) is 56.5 Å². The third-order valence-corrected chi connectivity index (χ3v) is 5.36. The lowest BCUT2D eigenvalue weighted by atomic mass is 9.96. The molecule has 0 aromatic rings. The first-order valence-corrected chi connectivity index (χ1v) is 7.58. The third kappa shape index (κ3) is 3.30. The number of fused-ring (bicyclic) bond motifs is 2. The van der Waals surface area contributed by atoms with E-state index in [-0.39, 0.29) is 11.2 Å². The van der Waals surface area contributed by atoms with Crippen molar-refractivity contribution in [3.05, 3.63) is 0 Å². The molecule has 3 nitrogen and oxygen atoms in total. The number of rotatable bonds is 3. The molecule has 1 amide bonds. The Morgan fingerprint density at radius 3 is 2.45 bits per heavy atom. The summed E-state index contributed by atoms with van der Waals surface area (Å²) >= 11 is 0.575. The Hall–Kier alpha value is -0.720. The van der Waals surface area contributed by atoms with Gasteiger partial charge in [0.1, 0.15) is 4.75 Å². The number of carbonyl (C=O) groups excluding carboxylic acids is 1. The lowest BCUT2D eigenvalue weighted by Crippen LogP contribution is -2.39. The summed E-state index contributed by atoms with van der Waals surface area (Å²) in [6, 6.07) is 0.0627. The molecule has 2 aliphatic rings. The van der Waals surface area contributed by atoms with Gasteiger partial charge in [-0.15, -0.1) is 0 Å². The molecule has 2 saturated carbocycles. The SMILES string of the molecule is CC(C)(SC(=N[C@H]1C[C@@H]2CC[C@H]1C2)NC=O)C(F)(F)F. The Morgan fingerprint density at radius 2 is 2.00 bits per heavy atom. The van der Waals surface area contributed by atoms with E-state index in [1.165, 1.54) is 6.42 Å². The van der Waals surface area contributed by atoms with Crippen LogP contribution in [0.3, 0.4) is 0 Å². The molecule has 3 atom stereocenters. The highest BCUT2D eigenvalue weighted by Gasteiger charge is 2.49. The molecule has 2 bridgehead atoms. The Morgan fingerprint density at radius 1 is 1.30 bits per heavy atom. The van der Waals surface area contributed by atoms with E-state index in [4.69, 9.17) is 0 Å². The van der Waals surface area contributed by atoms with Crippen LogP contribution in [0, 0.1) is 11.8 Å². The van der Waals surface area contributed by atoms with E-state index in [1.807, 2.05) is 0 Å². The van der Waals surface area contributed by atoms with Gasteiger partial charge in [-0.3, -0.25) is 9.79 Å². The molecule has 0 aliphatic heterocycles. The molecule has 114 valence electrons. The Kier molecular flexibility index (Phi) is 4.37. The number of amides is 1. The highest BCUT2D eigenvalue weighted by atomic mass is 32.2. The van der Waals surface area contributed by atoms with Crippen LogP contribution in [-0.2, 0) is 4.79 Å². The monoisotopic (exact) mass is 308 g/mol. The maximum absolute atomic E-state index is 12.9. The molecular formula is C13H19F3N2OS. The van der Waals surface area contributed by atoms with Gasteiger partial charge in [0.2, 0.25) is 6.41 Å². The minimum Gasteiger partial charge on any atom is -0.308 e. The standard InChI is InChI=1S/C13H19F3N2OS/c1-12(2,13(14,15)16)20-11(17-7-19)18-10-6-8-3-4-9(10)5-8/h7-10H,3-6H2,1-2H3,(H,17,18,19)/t8-,9+,10+/m1/s1. The molecule has 7 heteroatoms. The van der Waals surface area contributed by atoms with Crippen molar-refractivity contribution in [1.82, 2.24) is 5.32 Å². The molecule has 0 saturated heterocycles. The van der Waals surface area contributed by atoms with E-state index in [0.29, 0.717) is 30.0 Å². The van der Waals surface area contributed by atoms with Crippen molar-refractivity contribution in [2.75, 3.05) is 0 Å². The van der Waals surface area contributed by atoms with Gasteiger partial charge in [0.25, 0.3) is 0 Å². The van der Waals surface area contributed by atoms with Crippen LogP contribution in [0.4, 0.5) is 13.2 Å². The van der Waals surface area contributed by atoms with E-state index in [1.54, 1.807) is 0 Å². The zero-order valence-electron chi connectivity index (χ0n) is 11.5. The number of halogens is 3. The molecule has 0 heterocycles. The average Bonchev–Trinajstić information content (AvgIpc) is 2.88. The average molecular weight is 308 g/mol. The summed E-state index contributed by atoms with van der Waals surface area (Å²) in [6.07, 6.45) is 0.398. The van der Waals surface area contributed by atoms with Crippen LogP contribution >= 0.6 is 11.8 Å². The largest absolute Gasteiger partial charge is 0.403 e. The van der Waals surface area contributed by atoms with Crippen molar-refractivity contribution < 1.29 is 18.0 Å². The molecule has 2 fully saturated rings. The first kappa shape index (κ1) is 15.7. The van der Waals surface area contributed by atoms with E-state index in [2.05, 4.69) is 10.3 Å². The van der Waals surface area contributed by atoms with Gasteiger partial charge >= 0.3 is 6.18 Å². The van der Waals surface area contributed by atoms with Gasteiger partial charge in [0.05, 0.1) is 6.04 Å². The highest BCUT2D eigenvalue weighted by Crippen LogP contribution is 2.47. The number of hydrogen-bond acceptors (Lipinski definition) is 3. The maximum Gasteiger partial charge on any atom is 0.403 e. The van der Waals surface area contributed by atoms with Crippen molar-refractivity contribution in [3.8, 4) is 0 Å². The van der Waals surface area contributed by atoms with E-state index >= 15 is 0 Å². The lowest BCUT2D eigenvalue weighted by molar-refractivity contribution is -0.150. The summed E-state index contributed by atoms with van der Waals surface area (Å²) in [5, 5.41) is 2.41. The van der Waals surface area contributed by atoms with Gasteiger partial charge in [0, 0.05) is 0 Å². The van der Waals surface area contributed by atoms with Crippen LogP contribution in [0.2, 0.25) is 0 Å². The second-order valence-corrected chi connectivity index (χ2v) is 7.66. The number of nitrogens with zero attached hydrogens (tertiary/aromatic N) is 1. The maximum atomic E-state index is 12.9. The molecule has 1 N–H and O–H groups in total. The van der Waals surface area contributed by atoms with Crippen molar-refractivity contribution in [3.63, 3.8) is 0 Å². The Bertz CT molecular complexity index is 409. The summed E-state index contributed by atoms with van der Waals surface area (Å²) in [6.45, 7) is 2.20. The topological polar surface area (TPSA) is 41.5 Å². The van der Waals surface area contributed by atoms with Crippen LogP contribution in [0.25, 0.3) is 0 Å². The summed E-state index contributed by atoms with van der Waals surface area (Å²) in [4.78, 5) is 15.0.